The van der Waals surface area contributed by atoms with Gasteiger partial charge in [0.1, 0.15) is 11.5 Å². The molecule has 1 aromatic carbocycles. The number of hydrogen-bond acceptors (Lipinski definition) is 4. The maximum absolute atomic E-state index is 5.15. The number of rotatable bonds is 5. The smallest absolute Gasteiger partial charge is 0.183 e. The van der Waals surface area contributed by atoms with Crippen LogP contribution in [0.5, 0.6) is 11.5 Å². The Labute approximate surface area is 89.7 Å². The Hall–Kier alpha value is -1.26. The molecule has 84 valence electrons. The molecule has 0 spiro atoms. The van der Waals surface area contributed by atoms with Crippen LogP contribution in [0.1, 0.15) is 11.9 Å². The summed E-state index contributed by atoms with van der Waals surface area (Å²) < 4.78 is 20.6. The van der Waals surface area contributed by atoms with Crippen molar-refractivity contribution in [1.29, 1.82) is 0 Å². The van der Waals surface area contributed by atoms with E-state index in [2.05, 4.69) is 0 Å². The van der Waals surface area contributed by atoms with Crippen LogP contribution in [0.3, 0.4) is 0 Å². The molecule has 0 N–H and O–H groups in total. The van der Waals surface area contributed by atoms with Crippen molar-refractivity contribution in [2.75, 3.05) is 28.4 Å². The Bertz CT molecular complexity index is 285. The number of benzene rings is 1. The molecule has 0 amide bonds. The minimum atomic E-state index is -0.408. The monoisotopic (exact) mass is 212 g/mol. The molecule has 15 heavy (non-hydrogen) atoms. The summed E-state index contributed by atoms with van der Waals surface area (Å²) in [7, 11) is 6.38. The number of hydrogen-bond donors (Lipinski definition) is 0. The Balaban J connectivity index is 3.05. The maximum Gasteiger partial charge on any atom is 0.183 e. The number of methoxy groups -OCH3 is 4. The molecule has 0 atom stereocenters. The molecule has 0 radical (unpaired) electrons. The van der Waals surface area contributed by atoms with E-state index in [1.165, 1.54) is 0 Å². The van der Waals surface area contributed by atoms with Crippen molar-refractivity contribution >= 4 is 0 Å². The van der Waals surface area contributed by atoms with E-state index in [4.69, 9.17) is 18.9 Å². The average Bonchev–Trinajstić information content (AvgIpc) is 2.30. The van der Waals surface area contributed by atoms with Crippen molar-refractivity contribution in [2.45, 2.75) is 6.29 Å². The van der Waals surface area contributed by atoms with E-state index in [-0.39, 0.29) is 0 Å². The van der Waals surface area contributed by atoms with Crippen LogP contribution in [0.4, 0.5) is 0 Å². The molecule has 4 nitrogen and oxygen atoms in total. The van der Waals surface area contributed by atoms with Crippen LogP contribution in [0.15, 0.2) is 18.2 Å². The van der Waals surface area contributed by atoms with Gasteiger partial charge in [0.25, 0.3) is 0 Å². The van der Waals surface area contributed by atoms with Gasteiger partial charge in [-0.15, -0.1) is 0 Å². The van der Waals surface area contributed by atoms with Crippen LogP contribution in [0, 0.1) is 0 Å². The fourth-order valence-corrected chi connectivity index (χ4v) is 1.33. The van der Waals surface area contributed by atoms with Gasteiger partial charge < -0.3 is 18.9 Å². The summed E-state index contributed by atoms with van der Waals surface area (Å²) in [6, 6.07) is 5.49. The van der Waals surface area contributed by atoms with Crippen molar-refractivity contribution in [2.24, 2.45) is 0 Å². The van der Waals surface area contributed by atoms with Crippen molar-refractivity contribution in [3.05, 3.63) is 23.8 Å². The van der Waals surface area contributed by atoms with Crippen LogP contribution in [0.25, 0.3) is 0 Å². The Morgan fingerprint density at radius 1 is 0.800 bits per heavy atom. The molecule has 4 heteroatoms. The standard InChI is InChI=1S/C11H16O4/c1-12-9-5-8(11(14-3)15-4)6-10(7-9)13-2/h5-7,11H,1-4H3. The van der Waals surface area contributed by atoms with E-state index in [1.807, 2.05) is 12.1 Å². The fourth-order valence-electron chi connectivity index (χ4n) is 1.33. The molecule has 0 aliphatic carbocycles. The van der Waals surface area contributed by atoms with Crippen LogP contribution in [-0.4, -0.2) is 28.4 Å². The lowest BCUT2D eigenvalue weighted by molar-refractivity contribution is -0.106. The zero-order valence-corrected chi connectivity index (χ0v) is 9.44. The van der Waals surface area contributed by atoms with Crippen LogP contribution < -0.4 is 9.47 Å². The van der Waals surface area contributed by atoms with Gasteiger partial charge in [0, 0.05) is 25.8 Å². The normalized spacial score (nSPS) is 10.5. The molecular formula is C11H16O4. The average molecular weight is 212 g/mol. The van der Waals surface area contributed by atoms with E-state index in [0.717, 1.165) is 5.56 Å². The van der Waals surface area contributed by atoms with Crippen LogP contribution in [0.2, 0.25) is 0 Å². The lowest BCUT2D eigenvalue weighted by atomic mass is 10.2. The molecule has 0 saturated heterocycles. The lowest BCUT2D eigenvalue weighted by Crippen LogP contribution is -2.04. The Morgan fingerprint density at radius 2 is 1.27 bits per heavy atom. The Morgan fingerprint density at radius 3 is 1.60 bits per heavy atom. The van der Waals surface area contributed by atoms with E-state index in [0.29, 0.717) is 11.5 Å². The van der Waals surface area contributed by atoms with Crippen molar-refractivity contribution in [3.8, 4) is 11.5 Å². The molecule has 0 saturated carbocycles. The van der Waals surface area contributed by atoms with Gasteiger partial charge >= 0.3 is 0 Å². The first-order chi connectivity index (χ1) is 7.24. The first kappa shape index (κ1) is 11.8. The summed E-state index contributed by atoms with van der Waals surface area (Å²) in [6.07, 6.45) is -0.408. The highest BCUT2D eigenvalue weighted by Crippen LogP contribution is 2.27. The maximum atomic E-state index is 5.15. The summed E-state index contributed by atoms with van der Waals surface area (Å²) in [5.74, 6) is 1.42. The second-order valence-electron chi connectivity index (χ2n) is 2.95. The minimum absolute atomic E-state index is 0.408. The van der Waals surface area contributed by atoms with E-state index >= 15 is 0 Å². The molecule has 1 aromatic rings. The van der Waals surface area contributed by atoms with Crippen molar-refractivity contribution < 1.29 is 18.9 Å². The first-order valence-corrected chi connectivity index (χ1v) is 4.53. The van der Waals surface area contributed by atoms with Gasteiger partial charge in [-0.3, -0.25) is 0 Å². The first-order valence-electron chi connectivity index (χ1n) is 4.53. The molecule has 0 heterocycles. The largest absolute Gasteiger partial charge is 0.497 e. The summed E-state index contributed by atoms with van der Waals surface area (Å²) >= 11 is 0. The zero-order chi connectivity index (χ0) is 11.3. The molecule has 0 fully saturated rings. The summed E-state index contributed by atoms with van der Waals surface area (Å²) in [6.45, 7) is 0. The summed E-state index contributed by atoms with van der Waals surface area (Å²) in [4.78, 5) is 0. The fraction of sp³-hybridized carbons (Fsp3) is 0.455. The minimum Gasteiger partial charge on any atom is -0.497 e. The highest BCUT2D eigenvalue weighted by Gasteiger charge is 2.11. The predicted molar refractivity (Wildman–Crippen MR) is 56.3 cm³/mol. The lowest BCUT2D eigenvalue weighted by Gasteiger charge is -2.15. The molecule has 0 bridgehead atoms. The third kappa shape index (κ3) is 2.84. The van der Waals surface area contributed by atoms with Gasteiger partial charge in [0.2, 0.25) is 0 Å². The zero-order valence-electron chi connectivity index (χ0n) is 9.44. The van der Waals surface area contributed by atoms with Crippen LogP contribution in [-0.2, 0) is 9.47 Å². The van der Waals surface area contributed by atoms with Crippen LogP contribution >= 0.6 is 0 Å². The van der Waals surface area contributed by atoms with Crippen molar-refractivity contribution in [3.63, 3.8) is 0 Å². The van der Waals surface area contributed by atoms with Gasteiger partial charge in [0.15, 0.2) is 6.29 Å². The molecule has 0 aliphatic rings. The molecule has 1 rings (SSSR count). The second-order valence-corrected chi connectivity index (χ2v) is 2.95. The Kier molecular flexibility index (Phi) is 4.39. The predicted octanol–water partition coefficient (Wildman–Crippen LogP) is 2.00. The van der Waals surface area contributed by atoms with E-state index in [9.17, 15) is 0 Å². The number of ether oxygens (including phenoxy) is 4. The quantitative estimate of drug-likeness (QED) is 0.699. The summed E-state index contributed by atoms with van der Waals surface area (Å²) in [5.41, 5.74) is 0.858. The van der Waals surface area contributed by atoms with E-state index < -0.39 is 6.29 Å². The molecule has 0 aliphatic heterocycles. The molecule has 0 aromatic heterocycles. The van der Waals surface area contributed by atoms with E-state index in [1.54, 1.807) is 34.5 Å². The SMILES string of the molecule is COc1cc(OC)cc(C(OC)OC)c1. The van der Waals surface area contributed by atoms with Gasteiger partial charge in [-0.1, -0.05) is 0 Å². The summed E-state index contributed by atoms with van der Waals surface area (Å²) in [5, 5.41) is 0. The molecule has 0 unspecified atom stereocenters. The second kappa shape index (κ2) is 5.58. The topological polar surface area (TPSA) is 36.9 Å². The third-order valence-electron chi connectivity index (χ3n) is 2.07. The highest BCUT2D eigenvalue weighted by molar-refractivity contribution is 5.38. The third-order valence-corrected chi connectivity index (χ3v) is 2.07. The van der Waals surface area contributed by atoms with Gasteiger partial charge in [-0.05, 0) is 12.1 Å². The van der Waals surface area contributed by atoms with Gasteiger partial charge in [0.05, 0.1) is 14.2 Å². The van der Waals surface area contributed by atoms with Gasteiger partial charge in [-0.25, -0.2) is 0 Å². The highest BCUT2D eigenvalue weighted by atomic mass is 16.7. The molecular weight excluding hydrogens is 196 g/mol. The van der Waals surface area contributed by atoms with Crippen molar-refractivity contribution in [1.82, 2.24) is 0 Å². The van der Waals surface area contributed by atoms with Gasteiger partial charge in [-0.2, -0.15) is 0 Å².